The van der Waals surface area contributed by atoms with Crippen LogP contribution in [0.25, 0.3) is 0 Å². The number of carbonyl (C=O) groups excluding carboxylic acids is 4. The first-order chi connectivity index (χ1) is 20.8. The van der Waals surface area contributed by atoms with Gasteiger partial charge in [0.1, 0.15) is 0 Å². The summed E-state index contributed by atoms with van der Waals surface area (Å²) in [5, 5.41) is 11.6. The Morgan fingerprint density at radius 2 is 1.48 bits per heavy atom. The molecule has 0 radical (unpaired) electrons. The second-order valence-corrected chi connectivity index (χ2v) is 16.9. The Bertz CT molecular complexity index is 1200. The first-order valence-electron chi connectivity index (χ1n) is 14.4. The van der Waals surface area contributed by atoms with E-state index in [1.165, 1.54) is 9.80 Å². The molecule has 242 valence electrons. The number of rotatable bonds is 9. The lowest BCUT2D eigenvalue weighted by Gasteiger charge is -2.36. The van der Waals surface area contributed by atoms with Crippen molar-refractivity contribution in [2.45, 2.75) is 64.6 Å². The maximum atomic E-state index is 12.1. The normalized spacial score (nSPS) is 15.7. The molecule has 2 aliphatic heterocycles. The second kappa shape index (κ2) is 17.8. The summed E-state index contributed by atoms with van der Waals surface area (Å²) in [4.78, 5) is 66.2. The van der Waals surface area contributed by atoms with E-state index in [-0.39, 0.29) is 49.0 Å². The molecule has 6 amide bonds. The quantitative estimate of drug-likeness (QED) is 0.225. The molecule has 2 N–H and O–H groups in total. The van der Waals surface area contributed by atoms with Gasteiger partial charge in [-0.2, -0.15) is 0 Å². The number of amides is 6. The highest BCUT2D eigenvalue weighted by Gasteiger charge is 2.37. The highest BCUT2D eigenvalue weighted by molar-refractivity contribution is 9.10. The molecule has 0 aromatic carbocycles. The van der Waals surface area contributed by atoms with Gasteiger partial charge in [-0.1, -0.05) is 20.8 Å². The Morgan fingerprint density at radius 1 is 0.909 bits per heavy atom. The Labute approximate surface area is 267 Å². The molecule has 14 nitrogen and oxygen atoms in total. The van der Waals surface area contributed by atoms with E-state index in [2.05, 4.69) is 75.0 Å². The number of imide groups is 2. The summed E-state index contributed by atoms with van der Waals surface area (Å²) < 4.78 is 6.66. The predicted molar refractivity (Wildman–Crippen MR) is 170 cm³/mol. The van der Waals surface area contributed by atoms with Crippen LogP contribution in [0.1, 0.15) is 46.5 Å². The van der Waals surface area contributed by atoms with E-state index < -0.39 is 14.3 Å². The van der Waals surface area contributed by atoms with E-state index in [0.29, 0.717) is 49.6 Å². The zero-order valence-corrected chi connectivity index (χ0v) is 28.6. The highest BCUT2D eigenvalue weighted by Crippen LogP contribution is 2.36. The average molecular weight is 696 g/mol. The molecule has 2 aromatic heterocycles. The second-order valence-electron chi connectivity index (χ2n) is 11.4. The van der Waals surface area contributed by atoms with Gasteiger partial charge < -0.3 is 14.8 Å². The van der Waals surface area contributed by atoms with Crippen LogP contribution in [0.15, 0.2) is 41.7 Å². The third kappa shape index (κ3) is 11.6. The molecule has 2 saturated heterocycles. The number of aliphatic hydroxyl groups excluding tert-OH is 1. The van der Waals surface area contributed by atoms with Gasteiger partial charge in [-0.25, -0.2) is 29.5 Å². The number of nitrogens with zero attached hydrogens (tertiary/aromatic N) is 7. The highest BCUT2D eigenvalue weighted by atomic mass is 79.9. The maximum absolute atomic E-state index is 12.1. The minimum Gasteiger partial charge on any atom is -0.417 e. The number of carbonyl (C=O) groups is 4. The lowest BCUT2D eigenvalue weighted by Crippen LogP contribution is -2.53. The molecule has 4 rings (SSSR count). The third-order valence-corrected chi connectivity index (χ3v) is 12.1. The van der Waals surface area contributed by atoms with Crippen LogP contribution < -0.4 is 10.2 Å². The van der Waals surface area contributed by atoms with E-state index in [1.54, 1.807) is 36.9 Å². The minimum absolute atomic E-state index is 0.0566. The molecular weight excluding hydrogens is 652 g/mol. The van der Waals surface area contributed by atoms with Crippen LogP contribution in [0.2, 0.25) is 18.1 Å². The predicted octanol–water partition coefficient (Wildman–Crippen LogP) is 3.60. The van der Waals surface area contributed by atoms with Gasteiger partial charge in [0, 0.05) is 77.0 Å². The number of anilines is 1. The fourth-order valence-corrected chi connectivity index (χ4v) is 4.97. The Morgan fingerprint density at radius 3 is 2.00 bits per heavy atom. The van der Waals surface area contributed by atoms with Crippen molar-refractivity contribution in [3.8, 4) is 0 Å². The van der Waals surface area contributed by atoms with Gasteiger partial charge in [0.05, 0.1) is 0 Å². The van der Waals surface area contributed by atoms with Gasteiger partial charge >= 0.3 is 12.1 Å². The van der Waals surface area contributed by atoms with Gasteiger partial charge in [0.2, 0.25) is 17.8 Å². The van der Waals surface area contributed by atoms with Crippen LogP contribution in [0.3, 0.4) is 0 Å². The molecule has 0 atom stereocenters. The number of nitrogens with one attached hydrogen (secondary N) is 1. The van der Waals surface area contributed by atoms with Crippen LogP contribution in [-0.4, -0.2) is 106 Å². The molecule has 0 unspecified atom stereocenters. The van der Waals surface area contributed by atoms with E-state index in [9.17, 15) is 19.2 Å². The van der Waals surface area contributed by atoms with Crippen LogP contribution in [-0.2, 0) is 14.0 Å². The molecule has 44 heavy (non-hydrogen) atoms. The number of aromatic nitrogens is 4. The van der Waals surface area contributed by atoms with Gasteiger partial charge in [-0.05, 0) is 59.0 Å². The van der Waals surface area contributed by atoms with Crippen molar-refractivity contribution in [2.24, 2.45) is 0 Å². The van der Waals surface area contributed by atoms with Gasteiger partial charge in [-0.3, -0.25) is 24.3 Å². The van der Waals surface area contributed by atoms with Crippen LogP contribution in [0.5, 0.6) is 0 Å². The number of aliphatic hydroxyl groups is 1. The number of hydrogen-bond donors (Lipinski definition) is 2. The fraction of sp³-hybridized carbons (Fsp3) is 0.571. The van der Waals surface area contributed by atoms with E-state index in [4.69, 9.17) is 9.53 Å². The monoisotopic (exact) mass is 694 g/mol. The van der Waals surface area contributed by atoms with Crippen molar-refractivity contribution >= 4 is 54.1 Å². The Balaban J connectivity index is 0.000000252. The Kier molecular flexibility index (Phi) is 14.9. The van der Waals surface area contributed by atoms with Crippen LogP contribution in [0.4, 0.5) is 15.5 Å². The molecule has 2 fully saturated rings. The molecule has 2 aliphatic rings. The van der Waals surface area contributed by atoms with Crippen molar-refractivity contribution in [3.63, 3.8) is 0 Å². The standard InChI is InChI=1S/C13H26N2O3Si.C11H14N4O3.C4H3BrN2/c1-13(2,3)19(4,5)18-10-6-9-15-11(16)7-8-14-12(15)17;16-8-2-6-14-9(17)3-7-15(11(14)18)10-12-4-1-5-13-10;5-4-6-2-1-3-7-4/h6-10H2,1-5H3,(H,14,17);1,4-5,16H,2-3,6-8H2;1-3H. The fourth-order valence-electron chi connectivity index (χ4n) is 3.65. The summed E-state index contributed by atoms with van der Waals surface area (Å²) in [7, 11) is -1.73. The summed E-state index contributed by atoms with van der Waals surface area (Å²) in [5.74, 6) is -0.0132. The smallest absolute Gasteiger partial charge is 0.333 e. The molecule has 16 heteroatoms. The zero-order chi connectivity index (χ0) is 32.8. The number of halogens is 1. The number of hydrogen-bond acceptors (Lipinski definition) is 10. The van der Waals surface area contributed by atoms with Crippen molar-refractivity contribution in [2.75, 3.05) is 44.3 Å². The van der Waals surface area contributed by atoms with Gasteiger partial charge in [-0.15, -0.1) is 0 Å². The third-order valence-electron chi connectivity index (χ3n) is 7.14. The zero-order valence-electron chi connectivity index (χ0n) is 26.0. The largest absolute Gasteiger partial charge is 0.417 e. The van der Waals surface area contributed by atoms with E-state index >= 15 is 0 Å². The van der Waals surface area contributed by atoms with Crippen molar-refractivity contribution < 1.29 is 28.7 Å². The molecule has 0 spiro atoms. The summed E-state index contributed by atoms with van der Waals surface area (Å²) in [6.07, 6.45) is 8.17. The average Bonchev–Trinajstić information content (AvgIpc) is 2.97. The van der Waals surface area contributed by atoms with Crippen molar-refractivity contribution in [1.82, 2.24) is 35.1 Å². The van der Waals surface area contributed by atoms with E-state index in [1.807, 2.05) is 0 Å². The van der Waals surface area contributed by atoms with E-state index in [0.717, 1.165) is 4.90 Å². The molecular formula is C28H43BrN8O6Si. The number of urea groups is 2. The van der Waals surface area contributed by atoms with Crippen molar-refractivity contribution in [3.05, 3.63) is 41.7 Å². The first kappa shape index (κ1) is 36.8. The SMILES string of the molecule is Brc1ncccn1.CC(C)(C)[Si](C)(C)OCCCN1C(=O)CCNC1=O.O=C1CCN(c2ncccn2)C(=O)N1CCCO. The molecule has 4 heterocycles. The van der Waals surface area contributed by atoms with Gasteiger partial charge in [0.25, 0.3) is 0 Å². The molecule has 0 bridgehead atoms. The molecule has 2 aromatic rings. The summed E-state index contributed by atoms with van der Waals surface area (Å²) in [6.45, 7) is 12.9. The van der Waals surface area contributed by atoms with Crippen molar-refractivity contribution in [1.29, 1.82) is 0 Å². The van der Waals surface area contributed by atoms with Crippen LogP contribution >= 0.6 is 15.9 Å². The van der Waals surface area contributed by atoms with Gasteiger partial charge in [0.15, 0.2) is 13.1 Å². The summed E-state index contributed by atoms with van der Waals surface area (Å²) in [5.41, 5.74) is 0. The van der Waals surface area contributed by atoms with Crippen LogP contribution in [0, 0.1) is 0 Å². The molecule has 0 aliphatic carbocycles. The first-order valence-corrected chi connectivity index (χ1v) is 18.1. The minimum atomic E-state index is -1.73. The lowest BCUT2D eigenvalue weighted by molar-refractivity contribution is -0.130. The summed E-state index contributed by atoms with van der Waals surface area (Å²) in [6, 6.07) is 2.73. The lowest BCUT2D eigenvalue weighted by atomic mass is 10.2. The Hall–Kier alpha value is -3.34. The summed E-state index contributed by atoms with van der Waals surface area (Å²) >= 11 is 3.09. The topological polar surface area (TPSA) is 171 Å². The maximum Gasteiger partial charge on any atom is 0.333 e. The molecule has 0 saturated carbocycles.